The summed E-state index contributed by atoms with van der Waals surface area (Å²) in [7, 11) is 0. The monoisotopic (exact) mass is 312 g/mol. The highest BCUT2D eigenvalue weighted by Gasteiger charge is 2.06. The summed E-state index contributed by atoms with van der Waals surface area (Å²) in [5.41, 5.74) is 0. The van der Waals surface area contributed by atoms with Crippen molar-refractivity contribution >= 4 is 0 Å². The van der Waals surface area contributed by atoms with E-state index in [1.807, 2.05) is 0 Å². The Labute approximate surface area is 141 Å². The van der Waals surface area contributed by atoms with E-state index in [4.69, 9.17) is 4.74 Å². The van der Waals surface area contributed by atoms with Gasteiger partial charge in [0.2, 0.25) is 0 Å². The zero-order valence-corrected chi connectivity index (χ0v) is 16.2. The van der Waals surface area contributed by atoms with Crippen LogP contribution in [0.2, 0.25) is 0 Å². The van der Waals surface area contributed by atoms with Gasteiger partial charge in [-0.15, -0.1) is 0 Å². The Morgan fingerprint density at radius 2 is 1.18 bits per heavy atom. The van der Waals surface area contributed by atoms with Crippen LogP contribution in [-0.4, -0.2) is 13.2 Å². The molecule has 0 aromatic rings. The third-order valence-corrected chi connectivity index (χ3v) is 4.88. The molecule has 0 saturated heterocycles. The van der Waals surface area contributed by atoms with Crippen LogP contribution < -0.4 is 0 Å². The Morgan fingerprint density at radius 1 is 0.636 bits per heavy atom. The molecule has 0 aliphatic carbocycles. The minimum atomic E-state index is 0.867. The molecule has 1 heteroatoms. The van der Waals surface area contributed by atoms with Crippen LogP contribution in [-0.2, 0) is 4.74 Å². The van der Waals surface area contributed by atoms with Gasteiger partial charge in [-0.05, 0) is 37.5 Å². The molecule has 0 aromatic heterocycles. The Balaban J connectivity index is 3.11. The van der Waals surface area contributed by atoms with Crippen molar-refractivity contribution in [3.63, 3.8) is 0 Å². The smallest absolute Gasteiger partial charge is 0.0466 e. The second kappa shape index (κ2) is 17.3. The van der Waals surface area contributed by atoms with Crippen LogP contribution >= 0.6 is 0 Å². The minimum absolute atomic E-state index is 0.867. The quantitative estimate of drug-likeness (QED) is 0.254. The van der Waals surface area contributed by atoms with Gasteiger partial charge >= 0.3 is 0 Å². The van der Waals surface area contributed by atoms with Gasteiger partial charge in [-0.1, -0.05) is 85.5 Å². The van der Waals surface area contributed by atoms with Crippen molar-refractivity contribution in [2.24, 2.45) is 11.8 Å². The molecule has 2 unspecified atom stereocenters. The van der Waals surface area contributed by atoms with Crippen molar-refractivity contribution in [1.82, 2.24) is 0 Å². The molecule has 134 valence electrons. The molecule has 0 bridgehead atoms. The third kappa shape index (κ3) is 16.3. The summed E-state index contributed by atoms with van der Waals surface area (Å²) in [6.45, 7) is 11.3. The average molecular weight is 313 g/mol. The second-order valence-corrected chi connectivity index (χ2v) is 7.44. The van der Waals surface area contributed by atoms with Crippen molar-refractivity contribution in [2.45, 2.75) is 111 Å². The Kier molecular flexibility index (Phi) is 17.3. The fourth-order valence-corrected chi connectivity index (χ4v) is 3.12. The molecular formula is C21H44O. The molecule has 2 atom stereocenters. The summed E-state index contributed by atoms with van der Waals surface area (Å²) in [5, 5.41) is 0. The van der Waals surface area contributed by atoms with Gasteiger partial charge in [-0.3, -0.25) is 0 Å². The molecule has 0 N–H and O–H groups in total. The lowest BCUT2D eigenvalue weighted by Crippen LogP contribution is -2.04. The van der Waals surface area contributed by atoms with Crippen molar-refractivity contribution in [3.05, 3.63) is 0 Å². The first-order chi connectivity index (χ1) is 10.7. The molecule has 0 aliphatic rings. The molecule has 0 spiro atoms. The second-order valence-electron chi connectivity index (χ2n) is 7.44. The Bertz CT molecular complexity index is 202. The summed E-state index contributed by atoms with van der Waals surface area (Å²) in [4.78, 5) is 0. The first-order valence-corrected chi connectivity index (χ1v) is 10.3. The van der Waals surface area contributed by atoms with Gasteiger partial charge in [-0.25, -0.2) is 0 Å². The predicted molar refractivity (Wildman–Crippen MR) is 101 cm³/mol. The van der Waals surface area contributed by atoms with E-state index < -0.39 is 0 Å². The largest absolute Gasteiger partial charge is 0.381 e. The maximum atomic E-state index is 5.78. The lowest BCUT2D eigenvalue weighted by molar-refractivity contribution is 0.122. The van der Waals surface area contributed by atoms with Crippen LogP contribution in [0, 0.1) is 11.8 Å². The lowest BCUT2D eigenvalue weighted by Gasteiger charge is -2.15. The van der Waals surface area contributed by atoms with Crippen LogP contribution in [0.5, 0.6) is 0 Å². The average Bonchev–Trinajstić information content (AvgIpc) is 2.51. The van der Waals surface area contributed by atoms with Gasteiger partial charge in [0.25, 0.3) is 0 Å². The van der Waals surface area contributed by atoms with E-state index >= 15 is 0 Å². The lowest BCUT2D eigenvalue weighted by atomic mass is 9.92. The summed E-state index contributed by atoms with van der Waals surface area (Å²) < 4.78 is 5.78. The molecule has 0 aromatic carbocycles. The van der Waals surface area contributed by atoms with Crippen LogP contribution in [0.25, 0.3) is 0 Å². The summed E-state index contributed by atoms with van der Waals surface area (Å²) in [5.74, 6) is 1.75. The Hall–Kier alpha value is -0.0400. The highest BCUT2D eigenvalue weighted by molar-refractivity contribution is 4.58. The van der Waals surface area contributed by atoms with E-state index in [2.05, 4.69) is 27.7 Å². The van der Waals surface area contributed by atoms with Gasteiger partial charge in [-0.2, -0.15) is 0 Å². The number of hydrogen-bond donors (Lipinski definition) is 0. The van der Waals surface area contributed by atoms with Gasteiger partial charge < -0.3 is 4.74 Å². The van der Waals surface area contributed by atoms with Crippen LogP contribution in [0.1, 0.15) is 111 Å². The highest BCUT2D eigenvalue weighted by Crippen LogP contribution is 2.18. The van der Waals surface area contributed by atoms with E-state index in [0.717, 1.165) is 25.0 Å². The maximum absolute atomic E-state index is 5.78. The van der Waals surface area contributed by atoms with Gasteiger partial charge in [0.1, 0.15) is 0 Å². The molecular weight excluding hydrogens is 268 g/mol. The first-order valence-electron chi connectivity index (χ1n) is 10.3. The molecule has 0 saturated carbocycles. The summed E-state index contributed by atoms with van der Waals surface area (Å²) >= 11 is 0. The van der Waals surface area contributed by atoms with E-state index in [9.17, 15) is 0 Å². The summed E-state index contributed by atoms with van der Waals surface area (Å²) in [6.07, 6.45) is 17.8. The SMILES string of the molecule is CCCCCCCCCCCOCCCC(C)CC(C)CC. The standard InChI is InChI=1S/C21H44O/c1-5-7-8-9-10-11-12-13-14-17-22-18-15-16-21(4)19-20(3)6-2/h20-21H,5-19H2,1-4H3. The first kappa shape index (κ1) is 22.0. The van der Waals surface area contributed by atoms with Gasteiger partial charge in [0.15, 0.2) is 0 Å². The normalized spacial score (nSPS) is 14.2. The molecule has 0 heterocycles. The predicted octanol–water partition coefficient (Wildman–Crippen LogP) is 7.39. The molecule has 22 heavy (non-hydrogen) atoms. The third-order valence-electron chi connectivity index (χ3n) is 4.88. The van der Waals surface area contributed by atoms with Crippen molar-refractivity contribution in [3.8, 4) is 0 Å². The fraction of sp³-hybridized carbons (Fsp3) is 1.00. The van der Waals surface area contributed by atoms with E-state index in [-0.39, 0.29) is 0 Å². The van der Waals surface area contributed by atoms with E-state index in [1.54, 1.807) is 0 Å². The number of unbranched alkanes of at least 4 members (excludes halogenated alkanes) is 8. The van der Waals surface area contributed by atoms with Gasteiger partial charge in [0.05, 0.1) is 0 Å². The van der Waals surface area contributed by atoms with E-state index in [1.165, 1.54) is 83.5 Å². The molecule has 0 fully saturated rings. The molecule has 0 radical (unpaired) electrons. The number of ether oxygens (including phenoxy) is 1. The topological polar surface area (TPSA) is 9.23 Å². The number of hydrogen-bond acceptors (Lipinski definition) is 1. The van der Waals surface area contributed by atoms with Crippen molar-refractivity contribution in [2.75, 3.05) is 13.2 Å². The minimum Gasteiger partial charge on any atom is -0.381 e. The van der Waals surface area contributed by atoms with Crippen LogP contribution in [0.15, 0.2) is 0 Å². The van der Waals surface area contributed by atoms with Gasteiger partial charge in [0, 0.05) is 13.2 Å². The molecule has 0 amide bonds. The fourth-order valence-electron chi connectivity index (χ4n) is 3.12. The highest BCUT2D eigenvalue weighted by atomic mass is 16.5. The Morgan fingerprint density at radius 3 is 1.77 bits per heavy atom. The summed E-state index contributed by atoms with van der Waals surface area (Å²) in [6, 6.07) is 0. The molecule has 1 nitrogen and oxygen atoms in total. The zero-order valence-electron chi connectivity index (χ0n) is 16.2. The molecule has 0 rings (SSSR count). The zero-order chi connectivity index (χ0) is 16.5. The number of rotatable bonds is 17. The maximum Gasteiger partial charge on any atom is 0.0466 e. The van der Waals surface area contributed by atoms with Crippen LogP contribution in [0.3, 0.4) is 0 Å². The van der Waals surface area contributed by atoms with Crippen molar-refractivity contribution < 1.29 is 4.74 Å². The van der Waals surface area contributed by atoms with Crippen LogP contribution in [0.4, 0.5) is 0 Å². The van der Waals surface area contributed by atoms with Crippen molar-refractivity contribution in [1.29, 1.82) is 0 Å². The molecule has 0 aliphatic heterocycles. The van der Waals surface area contributed by atoms with E-state index in [0.29, 0.717) is 0 Å².